The second kappa shape index (κ2) is 4.20. The third kappa shape index (κ3) is 1.92. The van der Waals surface area contributed by atoms with Crippen LogP contribution < -0.4 is 5.32 Å². The van der Waals surface area contributed by atoms with Gasteiger partial charge in [-0.05, 0) is 25.5 Å². The zero-order chi connectivity index (χ0) is 13.6. The number of aryl methyl sites for hydroxylation is 2. The van der Waals surface area contributed by atoms with Gasteiger partial charge in [-0.3, -0.25) is 4.79 Å². The molecule has 5 nitrogen and oxygen atoms in total. The van der Waals surface area contributed by atoms with Crippen molar-refractivity contribution in [3.63, 3.8) is 0 Å². The third-order valence-corrected chi connectivity index (χ3v) is 3.35. The Morgan fingerprint density at radius 1 is 1.37 bits per heavy atom. The van der Waals surface area contributed by atoms with Gasteiger partial charge in [0.05, 0.1) is 12.2 Å². The summed E-state index contributed by atoms with van der Waals surface area (Å²) in [6.45, 7) is 4.24. The van der Waals surface area contributed by atoms with Crippen LogP contribution in [0.5, 0.6) is 0 Å². The summed E-state index contributed by atoms with van der Waals surface area (Å²) in [6.07, 6.45) is -0.799. The average molecular weight is 257 g/mol. The molecule has 1 atom stereocenters. The molecule has 0 bridgehead atoms. The van der Waals surface area contributed by atoms with Crippen molar-refractivity contribution in [3.05, 3.63) is 41.1 Å². The highest BCUT2D eigenvalue weighted by Crippen LogP contribution is 2.26. The number of carbonyl (C=O) groups is 1. The van der Waals surface area contributed by atoms with Gasteiger partial charge in [-0.1, -0.05) is 23.8 Å². The highest BCUT2D eigenvalue weighted by Gasteiger charge is 2.25. The number of aliphatic hydroxyl groups is 1. The molecule has 0 unspecified atom stereocenters. The van der Waals surface area contributed by atoms with Crippen molar-refractivity contribution in [2.45, 2.75) is 20.1 Å². The molecule has 0 saturated carbocycles. The van der Waals surface area contributed by atoms with Crippen LogP contribution in [-0.4, -0.2) is 27.3 Å². The number of aliphatic hydroxyl groups excluding tert-OH is 1. The number of hydrogen-bond donors (Lipinski definition) is 2. The number of fused-ring (bicyclic) bond motifs is 1. The average Bonchev–Trinajstić information content (AvgIpc) is 2.80. The molecule has 0 fully saturated rings. The van der Waals surface area contributed by atoms with Crippen molar-refractivity contribution in [2.24, 2.45) is 0 Å². The number of amides is 1. The molecular weight excluding hydrogens is 242 g/mol. The summed E-state index contributed by atoms with van der Waals surface area (Å²) in [5.74, 6) is -0.200. The van der Waals surface area contributed by atoms with Crippen LogP contribution in [0.4, 0.5) is 0 Å². The molecule has 2 aromatic rings. The Balaban J connectivity index is 2.12. The molecule has 19 heavy (non-hydrogen) atoms. The summed E-state index contributed by atoms with van der Waals surface area (Å²) in [5.41, 5.74) is 4.37. The smallest absolute Gasteiger partial charge is 0.269 e. The van der Waals surface area contributed by atoms with Gasteiger partial charge in [-0.15, -0.1) is 0 Å². The van der Waals surface area contributed by atoms with Gasteiger partial charge in [0.1, 0.15) is 5.69 Å². The summed E-state index contributed by atoms with van der Waals surface area (Å²) >= 11 is 0. The van der Waals surface area contributed by atoms with E-state index in [0.29, 0.717) is 11.4 Å². The number of hydrogen-bond acceptors (Lipinski definition) is 3. The van der Waals surface area contributed by atoms with E-state index < -0.39 is 6.23 Å². The molecule has 5 heteroatoms. The molecule has 1 aliphatic heterocycles. The molecule has 0 saturated heterocycles. The van der Waals surface area contributed by atoms with E-state index in [1.54, 1.807) is 6.07 Å². The summed E-state index contributed by atoms with van der Waals surface area (Å²) in [6, 6.07) is 7.79. The molecule has 3 rings (SSSR count). The van der Waals surface area contributed by atoms with Crippen molar-refractivity contribution in [2.75, 3.05) is 6.54 Å². The highest BCUT2D eigenvalue weighted by atomic mass is 16.3. The van der Waals surface area contributed by atoms with E-state index in [-0.39, 0.29) is 12.5 Å². The second-order valence-electron chi connectivity index (χ2n) is 4.87. The number of benzene rings is 1. The van der Waals surface area contributed by atoms with Crippen molar-refractivity contribution in [1.29, 1.82) is 0 Å². The van der Waals surface area contributed by atoms with E-state index in [1.165, 1.54) is 10.2 Å². The largest absolute Gasteiger partial charge is 0.370 e. The van der Waals surface area contributed by atoms with Gasteiger partial charge >= 0.3 is 0 Å². The number of β-amino-alcohol motifs (C(OH)–C–C–N with tert-alkyl or cyclic N) is 1. The summed E-state index contributed by atoms with van der Waals surface area (Å²) in [5, 5.41) is 16.8. The Labute approximate surface area is 110 Å². The minimum Gasteiger partial charge on any atom is -0.370 e. The lowest BCUT2D eigenvalue weighted by Crippen LogP contribution is -2.39. The van der Waals surface area contributed by atoms with E-state index in [0.717, 1.165) is 11.1 Å². The molecule has 0 aliphatic carbocycles. The second-order valence-corrected chi connectivity index (χ2v) is 4.87. The maximum Gasteiger partial charge on any atom is 0.269 e. The molecule has 0 spiro atoms. The Morgan fingerprint density at radius 3 is 2.84 bits per heavy atom. The van der Waals surface area contributed by atoms with Crippen LogP contribution in [0.25, 0.3) is 11.3 Å². The van der Waals surface area contributed by atoms with Crippen molar-refractivity contribution >= 4 is 5.91 Å². The molecule has 2 heterocycles. The van der Waals surface area contributed by atoms with Gasteiger partial charge in [0, 0.05) is 5.56 Å². The molecule has 1 amide bonds. The van der Waals surface area contributed by atoms with E-state index in [9.17, 15) is 9.90 Å². The van der Waals surface area contributed by atoms with Crippen molar-refractivity contribution in [1.82, 2.24) is 15.1 Å². The lowest BCUT2D eigenvalue weighted by molar-refractivity contribution is 0.0594. The number of aromatic nitrogens is 2. The van der Waals surface area contributed by atoms with Gasteiger partial charge in [0.25, 0.3) is 5.91 Å². The first-order valence-corrected chi connectivity index (χ1v) is 6.19. The van der Waals surface area contributed by atoms with Gasteiger partial charge in [0.15, 0.2) is 6.23 Å². The maximum absolute atomic E-state index is 11.7. The molecule has 1 aliphatic rings. The van der Waals surface area contributed by atoms with Gasteiger partial charge in [-0.2, -0.15) is 5.10 Å². The zero-order valence-corrected chi connectivity index (χ0v) is 10.8. The predicted octanol–water partition coefficient (Wildman–Crippen LogP) is 1.40. The molecule has 1 aromatic heterocycles. The fourth-order valence-electron chi connectivity index (χ4n) is 2.38. The predicted molar refractivity (Wildman–Crippen MR) is 70.7 cm³/mol. The number of rotatable bonds is 1. The normalized spacial score (nSPS) is 18.1. The maximum atomic E-state index is 11.7. The minimum atomic E-state index is -0.799. The first-order chi connectivity index (χ1) is 9.06. The summed E-state index contributed by atoms with van der Waals surface area (Å²) in [4.78, 5) is 11.7. The lowest BCUT2D eigenvalue weighted by Gasteiger charge is -2.19. The van der Waals surface area contributed by atoms with Gasteiger partial charge in [-0.25, -0.2) is 4.68 Å². The van der Waals surface area contributed by atoms with Crippen molar-refractivity contribution in [3.8, 4) is 11.3 Å². The van der Waals surface area contributed by atoms with Crippen LogP contribution in [0, 0.1) is 13.8 Å². The van der Waals surface area contributed by atoms with Crippen LogP contribution in [0.3, 0.4) is 0 Å². The van der Waals surface area contributed by atoms with Crippen LogP contribution in [0.2, 0.25) is 0 Å². The van der Waals surface area contributed by atoms with E-state index in [4.69, 9.17) is 0 Å². The van der Waals surface area contributed by atoms with E-state index >= 15 is 0 Å². The topological polar surface area (TPSA) is 67.2 Å². The quantitative estimate of drug-likeness (QED) is 0.811. The fraction of sp³-hybridized carbons (Fsp3) is 0.286. The lowest BCUT2D eigenvalue weighted by atomic mass is 10.0. The minimum absolute atomic E-state index is 0.194. The number of nitrogens with zero attached hydrogens (tertiary/aromatic N) is 2. The first-order valence-electron chi connectivity index (χ1n) is 6.19. The van der Waals surface area contributed by atoms with E-state index in [2.05, 4.69) is 16.5 Å². The monoisotopic (exact) mass is 257 g/mol. The molecule has 0 radical (unpaired) electrons. The summed E-state index contributed by atoms with van der Waals surface area (Å²) in [7, 11) is 0. The van der Waals surface area contributed by atoms with E-state index in [1.807, 2.05) is 26.0 Å². The SMILES string of the molecule is Cc1ccc(-c2cc3n(n2)[C@H](O)CNC3=O)c(C)c1. The van der Waals surface area contributed by atoms with Crippen LogP contribution in [-0.2, 0) is 0 Å². The highest BCUT2D eigenvalue weighted by molar-refractivity contribution is 5.94. The Morgan fingerprint density at radius 2 is 2.16 bits per heavy atom. The van der Waals surface area contributed by atoms with Gasteiger partial charge < -0.3 is 10.4 Å². The molecule has 1 aromatic carbocycles. The van der Waals surface area contributed by atoms with Crippen LogP contribution >= 0.6 is 0 Å². The fourth-order valence-corrected chi connectivity index (χ4v) is 2.38. The van der Waals surface area contributed by atoms with Crippen LogP contribution in [0.15, 0.2) is 24.3 Å². The third-order valence-electron chi connectivity index (χ3n) is 3.35. The Kier molecular flexibility index (Phi) is 2.64. The van der Waals surface area contributed by atoms with Crippen molar-refractivity contribution < 1.29 is 9.90 Å². The molecule has 98 valence electrons. The Hall–Kier alpha value is -2.14. The molecule has 2 N–H and O–H groups in total. The number of nitrogens with one attached hydrogen (secondary N) is 1. The van der Waals surface area contributed by atoms with Gasteiger partial charge in [0.2, 0.25) is 0 Å². The Bertz CT molecular complexity index is 661. The first kappa shape index (κ1) is 11.9. The van der Waals surface area contributed by atoms with Crippen LogP contribution in [0.1, 0.15) is 27.8 Å². The molecular formula is C14H15N3O2. The summed E-state index contributed by atoms with van der Waals surface area (Å²) < 4.78 is 1.38. The number of carbonyl (C=O) groups excluding carboxylic acids is 1. The zero-order valence-electron chi connectivity index (χ0n) is 10.8. The standard InChI is InChI=1S/C14H15N3O2/c1-8-3-4-10(9(2)5-8)11-6-12-14(19)15-7-13(18)17(12)16-11/h3-6,13,18H,7H2,1-2H3,(H,15,19)/t13-/m1/s1.